The Hall–Kier alpha value is -3.90. The van der Waals surface area contributed by atoms with Gasteiger partial charge in [-0.05, 0) is 68.1 Å². The summed E-state index contributed by atoms with van der Waals surface area (Å²) in [6.07, 6.45) is 0. The van der Waals surface area contributed by atoms with Crippen molar-refractivity contribution in [1.82, 2.24) is 0 Å². The maximum Gasteiger partial charge on any atom is 0.0728 e. The smallest absolute Gasteiger partial charge is 0.0619 e. The van der Waals surface area contributed by atoms with Gasteiger partial charge in [-0.3, -0.25) is 0 Å². The van der Waals surface area contributed by atoms with Gasteiger partial charge < -0.3 is 0 Å². The van der Waals surface area contributed by atoms with Gasteiger partial charge in [0.05, 0.1) is 5.41 Å². The second-order valence-corrected chi connectivity index (χ2v) is 8.93. The van der Waals surface area contributed by atoms with Crippen LogP contribution < -0.4 is 0 Å². The van der Waals surface area contributed by atoms with Gasteiger partial charge in [0.1, 0.15) is 0 Å². The molecule has 0 heterocycles. The first kappa shape index (κ1) is 17.7. The Bertz CT molecular complexity index is 1490. The van der Waals surface area contributed by atoms with Crippen LogP contribution in [0.4, 0.5) is 0 Å². The maximum absolute atomic E-state index is 2.35. The molecule has 1 spiro atoms. The highest BCUT2D eigenvalue weighted by Crippen LogP contribution is 2.61. The van der Waals surface area contributed by atoms with Crippen LogP contribution in [0.25, 0.3) is 33.4 Å². The SMILES string of the molecule is Cc1cccc2c1C1(c3ccccc3-c3ccccc3-2)c2ccccc2-c2ccccc21. The van der Waals surface area contributed by atoms with Crippen LogP contribution in [0, 0.1) is 6.92 Å². The fourth-order valence-corrected chi connectivity index (χ4v) is 6.32. The van der Waals surface area contributed by atoms with E-state index in [0.717, 1.165) is 0 Å². The minimum absolute atomic E-state index is 0.344. The van der Waals surface area contributed by atoms with E-state index in [1.165, 1.54) is 61.2 Å². The van der Waals surface area contributed by atoms with Crippen molar-refractivity contribution in [2.75, 3.05) is 0 Å². The summed E-state index contributed by atoms with van der Waals surface area (Å²) in [4.78, 5) is 0. The lowest BCUT2D eigenvalue weighted by molar-refractivity contribution is 0.768. The average Bonchev–Trinajstić information content (AvgIpc) is 3.08. The lowest BCUT2D eigenvalue weighted by atomic mass is 9.65. The van der Waals surface area contributed by atoms with Crippen molar-refractivity contribution >= 4 is 0 Å². The Kier molecular flexibility index (Phi) is 3.50. The van der Waals surface area contributed by atoms with Gasteiger partial charge in [-0.15, -0.1) is 0 Å². The summed E-state index contributed by atoms with van der Waals surface area (Å²) in [7, 11) is 0. The van der Waals surface area contributed by atoms with Crippen molar-refractivity contribution in [2.45, 2.75) is 12.3 Å². The highest BCUT2D eigenvalue weighted by molar-refractivity contribution is 5.97. The van der Waals surface area contributed by atoms with Gasteiger partial charge >= 0.3 is 0 Å². The van der Waals surface area contributed by atoms with E-state index in [2.05, 4.69) is 122 Å². The van der Waals surface area contributed by atoms with E-state index in [-0.39, 0.29) is 5.41 Å². The van der Waals surface area contributed by atoms with Crippen LogP contribution >= 0.6 is 0 Å². The van der Waals surface area contributed by atoms with Crippen LogP contribution in [0.5, 0.6) is 0 Å². The third-order valence-electron chi connectivity index (χ3n) is 7.44. The molecule has 7 rings (SSSR count). The van der Waals surface area contributed by atoms with E-state index in [4.69, 9.17) is 0 Å². The summed E-state index contributed by atoms with van der Waals surface area (Å²) in [6, 6.07) is 42.8. The van der Waals surface area contributed by atoms with Crippen LogP contribution in [-0.4, -0.2) is 0 Å². The average molecular weight is 407 g/mol. The zero-order valence-corrected chi connectivity index (χ0v) is 18.0. The second kappa shape index (κ2) is 6.31. The second-order valence-electron chi connectivity index (χ2n) is 8.93. The standard InChI is InChI=1S/C32H22/c1-21-11-10-17-27-23-13-3-2-12-22(23)24-14-4-7-18-28(24)32(31(21)27)29-19-8-5-15-25(29)26-16-6-9-20-30(26)32/h2-20H,1H3. The number of hydrogen-bond donors (Lipinski definition) is 0. The Balaban J connectivity index is 1.80. The predicted molar refractivity (Wildman–Crippen MR) is 133 cm³/mol. The molecule has 2 aliphatic rings. The molecule has 0 aliphatic heterocycles. The Labute approximate surface area is 188 Å². The van der Waals surface area contributed by atoms with Crippen molar-refractivity contribution in [2.24, 2.45) is 0 Å². The van der Waals surface area contributed by atoms with Gasteiger partial charge in [0.25, 0.3) is 0 Å². The fourth-order valence-electron chi connectivity index (χ4n) is 6.32. The summed E-state index contributed by atoms with van der Waals surface area (Å²) in [5, 5.41) is 0. The van der Waals surface area contributed by atoms with E-state index in [0.29, 0.717) is 0 Å². The minimum atomic E-state index is -0.344. The normalized spacial score (nSPS) is 14.0. The highest BCUT2D eigenvalue weighted by Gasteiger charge is 2.49. The molecular weight excluding hydrogens is 384 g/mol. The van der Waals surface area contributed by atoms with Gasteiger partial charge in [-0.2, -0.15) is 0 Å². The molecule has 0 aromatic heterocycles. The molecule has 5 aromatic rings. The van der Waals surface area contributed by atoms with E-state index >= 15 is 0 Å². The molecule has 0 fully saturated rings. The van der Waals surface area contributed by atoms with Crippen LogP contribution in [0.15, 0.2) is 115 Å². The summed E-state index contributed by atoms with van der Waals surface area (Å²) >= 11 is 0. The zero-order valence-electron chi connectivity index (χ0n) is 18.0. The summed E-state index contributed by atoms with van der Waals surface area (Å²) in [5.41, 5.74) is 14.5. The molecule has 0 unspecified atom stereocenters. The molecule has 0 atom stereocenters. The molecule has 2 aliphatic carbocycles. The molecule has 0 nitrogen and oxygen atoms in total. The van der Waals surface area contributed by atoms with Crippen molar-refractivity contribution in [3.05, 3.63) is 143 Å². The number of benzene rings is 5. The maximum atomic E-state index is 2.35. The topological polar surface area (TPSA) is 0 Å². The molecule has 0 saturated heterocycles. The molecule has 0 N–H and O–H groups in total. The molecule has 0 saturated carbocycles. The lowest BCUT2D eigenvalue weighted by Gasteiger charge is -2.36. The minimum Gasteiger partial charge on any atom is -0.0619 e. The van der Waals surface area contributed by atoms with Gasteiger partial charge in [0.2, 0.25) is 0 Å². The predicted octanol–water partition coefficient (Wildman–Crippen LogP) is 8.01. The van der Waals surface area contributed by atoms with Crippen molar-refractivity contribution in [1.29, 1.82) is 0 Å². The Morgan fingerprint density at radius 2 is 0.750 bits per heavy atom. The van der Waals surface area contributed by atoms with Crippen molar-refractivity contribution < 1.29 is 0 Å². The highest BCUT2D eigenvalue weighted by atomic mass is 14.5. The van der Waals surface area contributed by atoms with E-state index in [1.54, 1.807) is 0 Å². The van der Waals surface area contributed by atoms with E-state index in [1.807, 2.05) is 0 Å². The number of hydrogen-bond acceptors (Lipinski definition) is 0. The summed E-state index contributed by atoms with van der Waals surface area (Å²) in [5.74, 6) is 0. The van der Waals surface area contributed by atoms with Gasteiger partial charge in [-0.25, -0.2) is 0 Å². The van der Waals surface area contributed by atoms with Crippen LogP contribution in [-0.2, 0) is 5.41 Å². The monoisotopic (exact) mass is 406 g/mol. The summed E-state index contributed by atoms with van der Waals surface area (Å²) < 4.78 is 0. The Morgan fingerprint density at radius 1 is 0.375 bits per heavy atom. The lowest BCUT2D eigenvalue weighted by Crippen LogP contribution is -2.30. The van der Waals surface area contributed by atoms with E-state index in [9.17, 15) is 0 Å². The largest absolute Gasteiger partial charge is 0.0728 e. The Morgan fingerprint density at radius 3 is 1.28 bits per heavy atom. The molecule has 0 heteroatoms. The molecule has 0 bridgehead atoms. The van der Waals surface area contributed by atoms with Gasteiger partial charge in [0.15, 0.2) is 0 Å². The van der Waals surface area contributed by atoms with Crippen LogP contribution in [0.2, 0.25) is 0 Å². The molecular formula is C32H22. The molecule has 5 aromatic carbocycles. The molecule has 32 heavy (non-hydrogen) atoms. The molecule has 150 valence electrons. The first-order valence-electron chi connectivity index (χ1n) is 11.3. The first-order chi connectivity index (χ1) is 15.8. The zero-order chi connectivity index (χ0) is 21.3. The molecule has 0 radical (unpaired) electrons. The van der Waals surface area contributed by atoms with E-state index < -0.39 is 0 Å². The van der Waals surface area contributed by atoms with Gasteiger partial charge in [0, 0.05) is 0 Å². The molecule has 0 amide bonds. The number of rotatable bonds is 0. The van der Waals surface area contributed by atoms with Crippen molar-refractivity contribution in [3.8, 4) is 33.4 Å². The fraction of sp³-hybridized carbons (Fsp3) is 0.0625. The number of aryl methyl sites for hydroxylation is 1. The third-order valence-corrected chi connectivity index (χ3v) is 7.44. The van der Waals surface area contributed by atoms with Crippen LogP contribution in [0.1, 0.15) is 27.8 Å². The quantitative estimate of drug-likeness (QED) is 0.239. The number of fused-ring (bicyclic) bond motifs is 12. The van der Waals surface area contributed by atoms with Crippen molar-refractivity contribution in [3.63, 3.8) is 0 Å². The summed E-state index contributed by atoms with van der Waals surface area (Å²) in [6.45, 7) is 2.28. The van der Waals surface area contributed by atoms with Crippen LogP contribution in [0.3, 0.4) is 0 Å². The third kappa shape index (κ3) is 2.03. The first-order valence-corrected chi connectivity index (χ1v) is 11.3. The van der Waals surface area contributed by atoms with Gasteiger partial charge in [-0.1, -0.05) is 115 Å².